The fraction of sp³-hybridized carbons (Fsp3) is 0.143. The second-order valence-corrected chi connectivity index (χ2v) is 8.62. The van der Waals surface area contributed by atoms with Gasteiger partial charge in [0.25, 0.3) is 12.9 Å². The van der Waals surface area contributed by atoms with Crippen molar-refractivity contribution in [2.24, 2.45) is 0 Å². The molecule has 0 fully saturated rings. The second-order valence-electron chi connectivity index (χ2n) is 4.41. The largest absolute Gasteiger partial charge is 0.266 e. The van der Waals surface area contributed by atoms with Gasteiger partial charge in [-0.1, -0.05) is 12.1 Å². The summed E-state index contributed by atoms with van der Waals surface area (Å²) in [6.07, 6.45) is -6.07. The maximum absolute atomic E-state index is 13.3. The molecule has 9 heteroatoms. The van der Waals surface area contributed by atoms with Gasteiger partial charge in [-0.3, -0.25) is 0 Å². The van der Waals surface area contributed by atoms with Crippen LogP contribution < -0.4 is 0 Å². The third kappa shape index (κ3) is 3.65. The Kier molecular flexibility index (Phi) is 5.93. The molecule has 0 saturated carbocycles. The molecule has 0 aliphatic heterocycles. The molecule has 2 nitrogen and oxygen atoms in total. The summed E-state index contributed by atoms with van der Waals surface area (Å²) in [6.45, 7) is 0. The van der Waals surface area contributed by atoms with Gasteiger partial charge >= 0.3 is 0 Å². The van der Waals surface area contributed by atoms with Gasteiger partial charge in [0.15, 0.2) is 0 Å². The Morgan fingerprint density at radius 2 is 1.09 bits per heavy atom. The highest BCUT2D eigenvalue weighted by molar-refractivity contribution is 14.1. The maximum atomic E-state index is 13.3. The van der Waals surface area contributed by atoms with Crippen LogP contribution in [0.3, 0.4) is 0 Å². The summed E-state index contributed by atoms with van der Waals surface area (Å²) in [6, 6.07) is 7.29. The van der Waals surface area contributed by atoms with Crippen molar-refractivity contribution in [1.29, 1.82) is 0 Å². The van der Waals surface area contributed by atoms with E-state index in [1.807, 2.05) is 0 Å². The fourth-order valence-corrected chi connectivity index (χ4v) is 5.61. The molecule has 2 rings (SSSR count). The van der Waals surface area contributed by atoms with Crippen LogP contribution >= 0.6 is 45.2 Å². The Morgan fingerprint density at radius 1 is 0.739 bits per heavy atom. The Hall–Kier alpha value is -0.430. The van der Waals surface area contributed by atoms with E-state index in [1.165, 1.54) is 24.3 Å². The van der Waals surface area contributed by atoms with Crippen LogP contribution in [0, 0.1) is 7.14 Å². The Balaban J connectivity index is 2.81. The number of hydrogen-bond acceptors (Lipinski definition) is 2. The van der Waals surface area contributed by atoms with Gasteiger partial charge in [-0.2, -0.15) is 0 Å². The van der Waals surface area contributed by atoms with Crippen LogP contribution in [0.1, 0.15) is 24.0 Å². The van der Waals surface area contributed by atoms with E-state index in [0.717, 1.165) is 12.1 Å². The lowest BCUT2D eigenvalue weighted by atomic mass is 10.2. The first-order valence-corrected chi connectivity index (χ1v) is 9.70. The van der Waals surface area contributed by atoms with Gasteiger partial charge in [-0.25, -0.2) is 26.0 Å². The van der Waals surface area contributed by atoms with Crippen molar-refractivity contribution < 1.29 is 26.0 Å². The Bertz CT molecular complexity index is 775. The zero-order valence-electron chi connectivity index (χ0n) is 11.1. The van der Waals surface area contributed by atoms with Crippen molar-refractivity contribution in [3.63, 3.8) is 0 Å². The number of halogens is 6. The molecule has 2 aromatic carbocycles. The van der Waals surface area contributed by atoms with Gasteiger partial charge in [-0.05, 0) is 69.4 Å². The van der Waals surface area contributed by atoms with Crippen molar-refractivity contribution in [3.8, 4) is 0 Å². The minimum Gasteiger partial charge on any atom is -0.218 e. The summed E-state index contributed by atoms with van der Waals surface area (Å²) in [7, 11) is -4.50. The molecular weight excluding hydrogens is 562 g/mol. The van der Waals surface area contributed by atoms with E-state index in [2.05, 4.69) is 0 Å². The zero-order chi connectivity index (χ0) is 17.4. The van der Waals surface area contributed by atoms with Crippen molar-refractivity contribution in [2.75, 3.05) is 0 Å². The first kappa shape index (κ1) is 18.9. The van der Waals surface area contributed by atoms with Crippen molar-refractivity contribution in [3.05, 3.63) is 54.7 Å². The second kappa shape index (κ2) is 7.21. The number of sulfone groups is 1. The average molecular weight is 570 g/mol. The normalized spacial score (nSPS) is 12.2. The molecule has 0 N–H and O–H groups in total. The molecule has 0 aliphatic rings. The first-order chi connectivity index (χ1) is 10.7. The van der Waals surface area contributed by atoms with Gasteiger partial charge < -0.3 is 0 Å². The summed E-state index contributed by atoms with van der Waals surface area (Å²) < 4.78 is 78.6. The average Bonchev–Trinajstić information content (AvgIpc) is 2.45. The van der Waals surface area contributed by atoms with E-state index in [9.17, 15) is 26.0 Å². The third-order valence-corrected chi connectivity index (χ3v) is 6.79. The summed E-state index contributed by atoms with van der Waals surface area (Å²) in [5.41, 5.74) is -1.35. The van der Waals surface area contributed by atoms with Crippen LogP contribution in [0.25, 0.3) is 0 Å². The summed E-state index contributed by atoms with van der Waals surface area (Å²) in [5.74, 6) is 0. The van der Waals surface area contributed by atoms with Gasteiger partial charge in [-0.15, -0.1) is 0 Å². The van der Waals surface area contributed by atoms with E-state index in [4.69, 9.17) is 0 Å². The molecule has 0 unspecified atom stereocenters. The standard InChI is InChI=1S/C14H8F4I2O2S/c15-13(16)11-7(19)3-1-5-9(11)23(21,22)10-6-2-4-8(20)12(10)14(17)18/h1-6,13-14H. The Labute approximate surface area is 157 Å². The van der Waals surface area contributed by atoms with Gasteiger partial charge in [0, 0.05) is 7.14 Å². The molecule has 0 heterocycles. The van der Waals surface area contributed by atoms with Crippen LogP contribution in [0.5, 0.6) is 0 Å². The molecule has 0 atom stereocenters. The van der Waals surface area contributed by atoms with Crippen LogP contribution in [-0.4, -0.2) is 8.42 Å². The van der Waals surface area contributed by atoms with E-state index >= 15 is 0 Å². The van der Waals surface area contributed by atoms with Crippen LogP contribution in [0.15, 0.2) is 46.2 Å². The highest BCUT2D eigenvalue weighted by Gasteiger charge is 2.31. The maximum Gasteiger partial charge on any atom is 0.266 e. The quantitative estimate of drug-likeness (QED) is 0.355. The summed E-state index contributed by atoms with van der Waals surface area (Å²) in [4.78, 5) is -1.30. The topological polar surface area (TPSA) is 34.1 Å². The molecule has 0 saturated heterocycles. The van der Waals surface area contributed by atoms with Crippen molar-refractivity contribution in [2.45, 2.75) is 22.6 Å². The zero-order valence-corrected chi connectivity index (χ0v) is 16.2. The monoisotopic (exact) mass is 570 g/mol. The number of rotatable bonds is 4. The highest BCUT2D eigenvalue weighted by Crippen LogP contribution is 2.38. The van der Waals surface area contributed by atoms with Crippen LogP contribution in [0.4, 0.5) is 17.6 Å². The Morgan fingerprint density at radius 3 is 1.39 bits per heavy atom. The van der Waals surface area contributed by atoms with E-state index in [-0.39, 0.29) is 7.14 Å². The minimum absolute atomic E-state index is 0.0582. The molecule has 0 aromatic heterocycles. The number of alkyl halides is 4. The van der Waals surface area contributed by atoms with Gasteiger partial charge in [0.2, 0.25) is 9.84 Å². The molecule has 0 amide bonds. The lowest BCUT2D eigenvalue weighted by molar-refractivity contribution is 0.146. The van der Waals surface area contributed by atoms with Crippen LogP contribution in [-0.2, 0) is 9.84 Å². The van der Waals surface area contributed by atoms with Crippen molar-refractivity contribution >= 4 is 55.0 Å². The van der Waals surface area contributed by atoms with Gasteiger partial charge in [0.05, 0.1) is 20.9 Å². The highest BCUT2D eigenvalue weighted by atomic mass is 127. The number of benzene rings is 2. The smallest absolute Gasteiger partial charge is 0.218 e. The molecule has 23 heavy (non-hydrogen) atoms. The molecule has 0 spiro atoms. The lowest BCUT2D eigenvalue weighted by Crippen LogP contribution is -2.11. The SMILES string of the molecule is O=S(=O)(c1cccc(I)c1C(F)F)c1cccc(I)c1C(F)F. The van der Waals surface area contributed by atoms with Gasteiger partial charge in [0.1, 0.15) is 0 Å². The number of hydrogen-bond donors (Lipinski definition) is 0. The third-order valence-electron chi connectivity index (χ3n) is 3.04. The van der Waals surface area contributed by atoms with E-state index in [0.29, 0.717) is 0 Å². The molecular formula is C14H8F4I2O2S. The predicted octanol–water partition coefficient (Wildman–Crippen LogP) is 5.60. The fourth-order valence-electron chi connectivity index (χ4n) is 2.05. The predicted molar refractivity (Wildman–Crippen MR) is 93.7 cm³/mol. The summed E-state index contributed by atoms with van der Waals surface area (Å²) in [5, 5.41) is 0. The summed E-state index contributed by atoms with van der Waals surface area (Å²) >= 11 is 3.19. The van der Waals surface area contributed by atoms with E-state index < -0.39 is 43.6 Å². The molecule has 0 bridgehead atoms. The molecule has 2 aromatic rings. The minimum atomic E-state index is -4.50. The molecule has 0 radical (unpaired) electrons. The lowest BCUT2D eigenvalue weighted by Gasteiger charge is -2.15. The molecule has 124 valence electrons. The first-order valence-electron chi connectivity index (χ1n) is 6.06. The van der Waals surface area contributed by atoms with Crippen LogP contribution in [0.2, 0.25) is 0 Å². The van der Waals surface area contributed by atoms with Crippen molar-refractivity contribution in [1.82, 2.24) is 0 Å². The molecule has 0 aliphatic carbocycles. The van der Waals surface area contributed by atoms with E-state index in [1.54, 1.807) is 45.2 Å².